The van der Waals surface area contributed by atoms with Crippen LogP contribution in [0.3, 0.4) is 0 Å². The molecule has 1 aromatic carbocycles. The predicted molar refractivity (Wildman–Crippen MR) is 104 cm³/mol. The minimum absolute atomic E-state index is 0.0363. The van der Waals surface area contributed by atoms with Gasteiger partial charge in [0.15, 0.2) is 0 Å². The number of rotatable bonds is 9. The van der Waals surface area contributed by atoms with Crippen molar-refractivity contribution in [1.82, 2.24) is 15.1 Å². The second-order valence-corrected chi connectivity index (χ2v) is 6.97. The van der Waals surface area contributed by atoms with Crippen LogP contribution >= 0.6 is 0 Å². The maximum atomic E-state index is 12.3. The summed E-state index contributed by atoms with van der Waals surface area (Å²) in [4.78, 5) is 27.2. The van der Waals surface area contributed by atoms with Crippen LogP contribution in [0, 0.1) is 0 Å². The molecule has 144 valence electrons. The number of nitrogens with two attached hydrogens (primary N) is 1. The molecule has 26 heavy (non-hydrogen) atoms. The summed E-state index contributed by atoms with van der Waals surface area (Å²) in [6.07, 6.45) is 4.23. The van der Waals surface area contributed by atoms with Crippen LogP contribution in [0.4, 0.5) is 4.79 Å². The number of hydrogen-bond acceptors (Lipinski definition) is 3. The quantitative estimate of drug-likeness (QED) is 0.664. The molecule has 2 rings (SSSR count). The molecule has 0 aliphatic carbocycles. The SMILES string of the molecule is CC(c1ccccc1)N1CCN(C(=O)NCCCCCCC(N)=O)CC1. The lowest BCUT2D eigenvalue weighted by atomic mass is 10.1. The van der Waals surface area contributed by atoms with E-state index in [0.717, 1.165) is 51.9 Å². The fourth-order valence-electron chi connectivity index (χ4n) is 3.34. The van der Waals surface area contributed by atoms with Gasteiger partial charge in [0, 0.05) is 45.2 Å². The zero-order chi connectivity index (χ0) is 18.8. The molecule has 1 aliphatic heterocycles. The Balaban J connectivity index is 1.60. The van der Waals surface area contributed by atoms with Crippen LogP contribution < -0.4 is 11.1 Å². The number of piperazine rings is 1. The molecule has 6 nitrogen and oxygen atoms in total. The van der Waals surface area contributed by atoms with Crippen LogP contribution in [0.1, 0.15) is 50.6 Å². The normalized spacial score (nSPS) is 16.3. The lowest BCUT2D eigenvalue weighted by Crippen LogP contribution is -2.52. The van der Waals surface area contributed by atoms with Crippen molar-refractivity contribution in [2.75, 3.05) is 32.7 Å². The zero-order valence-electron chi connectivity index (χ0n) is 15.8. The highest BCUT2D eigenvalue weighted by Gasteiger charge is 2.24. The van der Waals surface area contributed by atoms with Gasteiger partial charge in [-0.2, -0.15) is 0 Å². The van der Waals surface area contributed by atoms with E-state index >= 15 is 0 Å². The highest BCUT2D eigenvalue weighted by Crippen LogP contribution is 2.21. The molecule has 0 saturated carbocycles. The maximum absolute atomic E-state index is 12.3. The van der Waals surface area contributed by atoms with Crippen LogP contribution in [-0.4, -0.2) is 54.5 Å². The van der Waals surface area contributed by atoms with Gasteiger partial charge in [-0.1, -0.05) is 43.2 Å². The Bertz CT molecular complexity index is 556. The van der Waals surface area contributed by atoms with Crippen LogP contribution in [-0.2, 0) is 4.79 Å². The molecule has 1 atom stereocenters. The predicted octanol–water partition coefficient (Wildman–Crippen LogP) is 2.51. The molecule has 0 bridgehead atoms. The number of hydrogen-bond donors (Lipinski definition) is 2. The number of urea groups is 1. The molecule has 1 saturated heterocycles. The molecule has 3 amide bonds. The van der Waals surface area contributed by atoms with Crippen LogP contribution in [0.5, 0.6) is 0 Å². The van der Waals surface area contributed by atoms with Gasteiger partial charge >= 0.3 is 6.03 Å². The molecule has 1 aliphatic rings. The first kappa shape index (κ1) is 20.2. The zero-order valence-corrected chi connectivity index (χ0v) is 15.8. The lowest BCUT2D eigenvalue weighted by Gasteiger charge is -2.38. The highest BCUT2D eigenvalue weighted by molar-refractivity contribution is 5.74. The van der Waals surface area contributed by atoms with Gasteiger partial charge in [0.25, 0.3) is 0 Å². The Morgan fingerprint density at radius 3 is 2.35 bits per heavy atom. The van der Waals surface area contributed by atoms with Gasteiger partial charge in [0.2, 0.25) is 5.91 Å². The number of nitrogens with one attached hydrogen (secondary N) is 1. The molecule has 0 aromatic heterocycles. The largest absolute Gasteiger partial charge is 0.370 e. The number of carbonyl (C=O) groups excluding carboxylic acids is 2. The third-order valence-corrected chi connectivity index (χ3v) is 5.06. The second-order valence-electron chi connectivity index (χ2n) is 6.97. The summed E-state index contributed by atoms with van der Waals surface area (Å²) in [5.74, 6) is -0.237. The van der Waals surface area contributed by atoms with Crippen molar-refractivity contribution in [1.29, 1.82) is 0 Å². The Hall–Kier alpha value is -2.08. The average Bonchev–Trinajstić information content (AvgIpc) is 2.67. The van der Waals surface area contributed by atoms with Crippen LogP contribution in [0.2, 0.25) is 0 Å². The van der Waals surface area contributed by atoms with E-state index in [2.05, 4.69) is 41.4 Å². The molecule has 3 N–H and O–H groups in total. The molecule has 1 fully saturated rings. The van der Waals surface area contributed by atoms with E-state index in [4.69, 9.17) is 5.73 Å². The number of amides is 3. The fraction of sp³-hybridized carbons (Fsp3) is 0.600. The molecule has 0 spiro atoms. The van der Waals surface area contributed by atoms with Crippen molar-refractivity contribution in [3.63, 3.8) is 0 Å². The summed E-state index contributed by atoms with van der Waals surface area (Å²) < 4.78 is 0. The number of carbonyl (C=O) groups is 2. The summed E-state index contributed by atoms with van der Waals surface area (Å²) >= 11 is 0. The summed E-state index contributed by atoms with van der Waals surface area (Å²) in [5, 5.41) is 3.00. The summed E-state index contributed by atoms with van der Waals surface area (Å²) in [6.45, 7) is 6.25. The third-order valence-electron chi connectivity index (χ3n) is 5.06. The number of benzene rings is 1. The van der Waals surface area contributed by atoms with E-state index in [1.54, 1.807) is 0 Å². The van der Waals surface area contributed by atoms with Crippen molar-refractivity contribution in [3.8, 4) is 0 Å². The topological polar surface area (TPSA) is 78.7 Å². The van der Waals surface area contributed by atoms with Gasteiger partial charge < -0.3 is 16.0 Å². The standard InChI is InChI=1S/C20H32N4O2/c1-17(18-9-5-4-6-10-18)23-13-15-24(16-14-23)20(26)22-12-8-3-2-7-11-19(21)25/h4-6,9-10,17H,2-3,7-8,11-16H2,1H3,(H2,21,25)(H,22,26). The van der Waals surface area contributed by atoms with Crippen molar-refractivity contribution in [3.05, 3.63) is 35.9 Å². The van der Waals surface area contributed by atoms with Gasteiger partial charge in [-0.25, -0.2) is 4.79 Å². The Morgan fingerprint density at radius 2 is 1.69 bits per heavy atom. The third kappa shape index (κ3) is 6.67. The number of nitrogens with zero attached hydrogens (tertiary/aromatic N) is 2. The van der Waals surface area contributed by atoms with Crippen molar-refractivity contribution >= 4 is 11.9 Å². The smallest absolute Gasteiger partial charge is 0.317 e. The van der Waals surface area contributed by atoms with E-state index in [1.165, 1.54) is 5.56 Å². The van der Waals surface area contributed by atoms with E-state index in [9.17, 15) is 9.59 Å². The van der Waals surface area contributed by atoms with Crippen molar-refractivity contribution in [2.24, 2.45) is 5.73 Å². The van der Waals surface area contributed by atoms with Crippen molar-refractivity contribution in [2.45, 2.75) is 45.1 Å². The van der Waals surface area contributed by atoms with E-state index in [0.29, 0.717) is 19.0 Å². The molecular weight excluding hydrogens is 328 g/mol. The van der Waals surface area contributed by atoms with Crippen molar-refractivity contribution < 1.29 is 9.59 Å². The monoisotopic (exact) mass is 360 g/mol. The minimum Gasteiger partial charge on any atom is -0.370 e. The van der Waals surface area contributed by atoms with Crippen LogP contribution in [0.25, 0.3) is 0 Å². The number of primary amides is 1. The number of unbranched alkanes of at least 4 members (excludes halogenated alkanes) is 3. The first-order chi connectivity index (χ1) is 12.6. The van der Waals surface area contributed by atoms with E-state index in [1.807, 2.05) is 11.0 Å². The van der Waals surface area contributed by atoms with Gasteiger partial charge in [0.1, 0.15) is 0 Å². The summed E-state index contributed by atoms with van der Waals surface area (Å²) in [7, 11) is 0. The molecular formula is C20H32N4O2. The molecule has 1 aromatic rings. The molecule has 6 heteroatoms. The van der Waals surface area contributed by atoms with Gasteiger partial charge in [0.05, 0.1) is 0 Å². The van der Waals surface area contributed by atoms with Gasteiger partial charge in [-0.3, -0.25) is 9.69 Å². The first-order valence-electron chi connectivity index (χ1n) is 9.68. The Kier molecular flexibility index (Phi) is 8.41. The molecule has 0 radical (unpaired) electrons. The average molecular weight is 361 g/mol. The van der Waals surface area contributed by atoms with Gasteiger partial charge in [-0.15, -0.1) is 0 Å². The Labute approximate surface area is 156 Å². The fourth-order valence-corrected chi connectivity index (χ4v) is 3.34. The van der Waals surface area contributed by atoms with E-state index in [-0.39, 0.29) is 11.9 Å². The van der Waals surface area contributed by atoms with E-state index < -0.39 is 0 Å². The summed E-state index contributed by atoms with van der Waals surface area (Å²) in [6, 6.07) is 10.9. The van der Waals surface area contributed by atoms with Gasteiger partial charge in [-0.05, 0) is 25.3 Å². The maximum Gasteiger partial charge on any atom is 0.317 e. The highest BCUT2D eigenvalue weighted by atomic mass is 16.2. The molecule has 1 unspecified atom stereocenters. The first-order valence-corrected chi connectivity index (χ1v) is 9.68. The lowest BCUT2D eigenvalue weighted by molar-refractivity contribution is -0.118. The molecule has 1 heterocycles. The minimum atomic E-state index is -0.237. The summed E-state index contributed by atoms with van der Waals surface area (Å²) in [5.41, 5.74) is 6.43. The Morgan fingerprint density at radius 1 is 1.04 bits per heavy atom. The van der Waals surface area contributed by atoms with Crippen LogP contribution in [0.15, 0.2) is 30.3 Å². The second kappa shape index (κ2) is 10.8.